The van der Waals surface area contributed by atoms with Crippen LogP contribution in [0.25, 0.3) is 0 Å². The minimum Gasteiger partial charge on any atom is -0.319 e. The molecule has 0 amide bonds. The van der Waals surface area contributed by atoms with Gasteiger partial charge in [-0.2, -0.15) is 0 Å². The molecule has 1 aliphatic rings. The average molecular weight is 267 g/mol. The molecule has 1 saturated carbocycles. The van der Waals surface area contributed by atoms with E-state index in [1.165, 1.54) is 6.07 Å². The average Bonchev–Trinajstić information content (AvgIpc) is 2.22. The summed E-state index contributed by atoms with van der Waals surface area (Å²) in [5, 5.41) is 3.16. The molecule has 0 radical (unpaired) electrons. The van der Waals surface area contributed by atoms with Crippen LogP contribution in [0.1, 0.15) is 39.2 Å². The Morgan fingerprint density at radius 1 is 1.26 bits per heavy atom. The zero-order valence-corrected chi connectivity index (χ0v) is 12.2. The fourth-order valence-corrected chi connectivity index (χ4v) is 3.21. The number of likely N-dealkylation sites (N-methyl/N-ethyl adjacent to an activating group) is 1. The normalized spacial score (nSPS) is 27.2. The van der Waals surface area contributed by atoms with Gasteiger partial charge in [-0.05, 0) is 42.9 Å². The minimum absolute atomic E-state index is 0.176. The monoisotopic (exact) mass is 267 g/mol. The molecule has 1 aromatic carbocycles. The van der Waals surface area contributed by atoms with Gasteiger partial charge in [-0.3, -0.25) is 0 Å². The van der Waals surface area contributed by atoms with Gasteiger partial charge in [0.15, 0.2) is 0 Å². The standard InChI is InChI=1S/C16H23F2N/c1-15(2,3)11-8-16(9-11,10-19-4)13-6-5-12(17)7-14(13)18/h5-7,11,19H,8-10H2,1-4H3. The molecule has 19 heavy (non-hydrogen) atoms. The number of halogens is 2. The van der Waals surface area contributed by atoms with E-state index < -0.39 is 11.6 Å². The first kappa shape index (κ1) is 14.4. The van der Waals surface area contributed by atoms with Crippen molar-refractivity contribution in [1.29, 1.82) is 0 Å². The predicted molar refractivity (Wildman–Crippen MR) is 74.1 cm³/mol. The van der Waals surface area contributed by atoms with Gasteiger partial charge in [0.2, 0.25) is 0 Å². The minimum atomic E-state index is -0.507. The van der Waals surface area contributed by atoms with Crippen molar-refractivity contribution >= 4 is 0 Å². The van der Waals surface area contributed by atoms with Crippen LogP contribution in [-0.4, -0.2) is 13.6 Å². The topological polar surface area (TPSA) is 12.0 Å². The second-order valence-corrected chi connectivity index (χ2v) is 6.91. The second-order valence-electron chi connectivity index (χ2n) is 6.91. The van der Waals surface area contributed by atoms with E-state index in [0.717, 1.165) is 25.5 Å². The zero-order chi connectivity index (χ0) is 14.3. The maximum absolute atomic E-state index is 14.0. The van der Waals surface area contributed by atoms with E-state index in [1.807, 2.05) is 7.05 Å². The van der Waals surface area contributed by atoms with E-state index in [2.05, 4.69) is 26.1 Å². The van der Waals surface area contributed by atoms with E-state index in [4.69, 9.17) is 0 Å². The number of rotatable bonds is 3. The summed E-state index contributed by atoms with van der Waals surface area (Å²) < 4.78 is 27.1. The molecule has 3 heteroatoms. The first-order valence-electron chi connectivity index (χ1n) is 6.89. The lowest BCUT2D eigenvalue weighted by Gasteiger charge is -2.53. The number of hydrogen-bond donors (Lipinski definition) is 1. The molecule has 1 fully saturated rings. The van der Waals surface area contributed by atoms with Crippen molar-refractivity contribution < 1.29 is 8.78 Å². The molecule has 0 unspecified atom stereocenters. The molecular formula is C16H23F2N. The predicted octanol–water partition coefficient (Wildman–Crippen LogP) is 3.88. The summed E-state index contributed by atoms with van der Waals surface area (Å²) in [6.45, 7) is 7.41. The van der Waals surface area contributed by atoms with Crippen molar-refractivity contribution in [1.82, 2.24) is 5.32 Å². The molecular weight excluding hydrogens is 244 g/mol. The van der Waals surface area contributed by atoms with Gasteiger partial charge in [0.1, 0.15) is 11.6 Å². The molecule has 1 aliphatic carbocycles. The van der Waals surface area contributed by atoms with Crippen molar-refractivity contribution in [2.24, 2.45) is 11.3 Å². The summed E-state index contributed by atoms with van der Waals surface area (Å²) in [7, 11) is 1.88. The van der Waals surface area contributed by atoms with E-state index in [0.29, 0.717) is 11.5 Å². The maximum atomic E-state index is 14.0. The summed E-state index contributed by atoms with van der Waals surface area (Å²) >= 11 is 0. The van der Waals surface area contributed by atoms with Crippen LogP contribution in [0.15, 0.2) is 18.2 Å². The van der Waals surface area contributed by atoms with Crippen LogP contribution in [0.4, 0.5) is 8.78 Å². The SMILES string of the molecule is CNCC1(c2ccc(F)cc2F)CC(C(C)(C)C)C1. The molecule has 1 aromatic rings. The van der Waals surface area contributed by atoms with Gasteiger partial charge in [0.05, 0.1) is 0 Å². The van der Waals surface area contributed by atoms with Crippen molar-refractivity contribution in [2.45, 2.75) is 39.0 Å². The first-order chi connectivity index (χ1) is 8.78. The van der Waals surface area contributed by atoms with Crippen molar-refractivity contribution in [2.75, 3.05) is 13.6 Å². The highest BCUT2D eigenvalue weighted by atomic mass is 19.1. The first-order valence-corrected chi connectivity index (χ1v) is 6.89. The fourth-order valence-electron chi connectivity index (χ4n) is 3.21. The molecule has 0 bridgehead atoms. The number of nitrogens with one attached hydrogen (secondary N) is 1. The highest BCUT2D eigenvalue weighted by Crippen LogP contribution is 2.54. The summed E-state index contributed by atoms with van der Waals surface area (Å²) in [6, 6.07) is 3.97. The summed E-state index contributed by atoms with van der Waals surface area (Å²) in [5.74, 6) is -0.333. The lowest BCUT2D eigenvalue weighted by atomic mass is 9.52. The third kappa shape index (κ3) is 2.66. The quantitative estimate of drug-likeness (QED) is 0.876. The Morgan fingerprint density at radius 2 is 1.89 bits per heavy atom. The van der Waals surface area contributed by atoms with Crippen LogP contribution in [0.3, 0.4) is 0 Å². The number of hydrogen-bond acceptors (Lipinski definition) is 1. The van der Waals surface area contributed by atoms with E-state index in [1.54, 1.807) is 6.07 Å². The van der Waals surface area contributed by atoms with Gasteiger partial charge < -0.3 is 5.32 Å². The molecule has 0 spiro atoms. The van der Waals surface area contributed by atoms with Gasteiger partial charge in [-0.25, -0.2) is 8.78 Å². The fraction of sp³-hybridized carbons (Fsp3) is 0.625. The van der Waals surface area contributed by atoms with Crippen molar-refractivity contribution in [3.8, 4) is 0 Å². The third-order valence-corrected chi connectivity index (χ3v) is 4.52. The third-order valence-electron chi connectivity index (χ3n) is 4.52. The molecule has 1 N–H and O–H groups in total. The Kier molecular flexibility index (Phi) is 3.69. The Balaban J connectivity index is 2.28. The van der Waals surface area contributed by atoms with Crippen LogP contribution < -0.4 is 5.32 Å². The van der Waals surface area contributed by atoms with Gasteiger partial charge in [0.25, 0.3) is 0 Å². The Labute approximate surface area is 114 Å². The van der Waals surface area contributed by atoms with Crippen LogP contribution in [-0.2, 0) is 5.41 Å². The van der Waals surface area contributed by atoms with Crippen LogP contribution >= 0.6 is 0 Å². The van der Waals surface area contributed by atoms with E-state index >= 15 is 0 Å². The van der Waals surface area contributed by atoms with E-state index in [9.17, 15) is 8.78 Å². The van der Waals surface area contributed by atoms with Gasteiger partial charge in [-0.1, -0.05) is 26.8 Å². The largest absolute Gasteiger partial charge is 0.319 e. The van der Waals surface area contributed by atoms with E-state index in [-0.39, 0.29) is 10.8 Å². The summed E-state index contributed by atoms with van der Waals surface area (Å²) in [4.78, 5) is 0. The Morgan fingerprint density at radius 3 is 2.37 bits per heavy atom. The molecule has 0 saturated heterocycles. The highest BCUT2D eigenvalue weighted by Gasteiger charge is 2.50. The van der Waals surface area contributed by atoms with Crippen molar-refractivity contribution in [3.05, 3.63) is 35.4 Å². The molecule has 0 heterocycles. The zero-order valence-electron chi connectivity index (χ0n) is 12.2. The highest BCUT2D eigenvalue weighted by molar-refractivity contribution is 5.32. The van der Waals surface area contributed by atoms with Gasteiger partial charge in [0, 0.05) is 18.0 Å². The van der Waals surface area contributed by atoms with Crippen LogP contribution in [0.2, 0.25) is 0 Å². The lowest BCUT2D eigenvalue weighted by molar-refractivity contribution is 0.0438. The molecule has 106 valence electrons. The maximum Gasteiger partial charge on any atom is 0.129 e. The molecule has 2 rings (SSSR count). The van der Waals surface area contributed by atoms with Gasteiger partial charge >= 0.3 is 0 Å². The lowest BCUT2D eigenvalue weighted by Crippen LogP contribution is -2.52. The van der Waals surface area contributed by atoms with Crippen LogP contribution in [0, 0.1) is 23.0 Å². The Hall–Kier alpha value is -0.960. The Bertz CT molecular complexity index is 456. The molecule has 0 atom stereocenters. The summed E-state index contributed by atoms with van der Waals surface area (Å²) in [5.41, 5.74) is 0.724. The van der Waals surface area contributed by atoms with Gasteiger partial charge in [-0.15, -0.1) is 0 Å². The molecule has 0 aromatic heterocycles. The van der Waals surface area contributed by atoms with Crippen molar-refractivity contribution in [3.63, 3.8) is 0 Å². The second kappa shape index (κ2) is 4.86. The van der Waals surface area contributed by atoms with Crippen LogP contribution in [0.5, 0.6) is 0 Å². The number of benzene rings is 1. The molecule has 0 aliphatic heterocycles. The summed E-state index contributed by atoms with van der Waals surface area (Å²) in [6.07, 6.45) is 1.92. The smallest absolute Gasteiger partial charge is 0.129 e. The molecule has 1 nitrogen and oxygen atoms in total.